The van der Waals surface area contributed by atoms with E-state index in [1.165, 1.54) is 11.8 Å². The zero-order valence-electron chi connectivity index (χ0n) is 19.6. The van der Waals surface area contributed by atoms with Crippen molar-refractivity contribution in [2.45, 2.75) is 37.8 Å². The summed E-state index contributed by atoms with van der Waals surface area (Å²) in [5.41, 5.74) is 2.01. The summed E-state index contributed by atoms with van der Waals surface area (Å²) in [6, 6.07) is 26.5. The third kappa shape index (κ3) is 8.23. The van der Waals surface area contributed by atoms with E-state index in [4.69, 9.17) is 11.6 Å². The Labute approximate surface area is 211 Å². The number of nitrogens with one attached hydrogen (secondary N) is 1. The maximum absolute atomic E-state index is 13.6. The standard InChI is InChI=1S/C28H31ClN2O2S/c1-21(2)18-30-28(33)26(17-22-9-5-3-6-10-22)31(19-23-11-7-4-8-12-23)27(32)20-34-25-15-13-24(29)14-16-25/h3-16,21,26H,17-20H2,1-2H3,(H,30,33)/t26-/m0/s1. The molecule has 6 heteroatoms. The first-order chi connectivity index (χ1) is 16.4. The van der Waals surface area contributed by atoms with Gasteiger partial charge in [-0.05, 0) is 41.3 Å². The van der Waals surface area contributed by atoms with Crippen molar-refractivity contribution in [2.75, 3.05) is 12.3 Å². The van der Waals surface area contributed by atoms with E-state index in [9.17, 15) is 9.59 Å². The lowest BCUT2D eigenvalue weighted by atomic mass is 10.0. The Kier molecular flexibility index (Phi) is 10.0. The van der Waals surface area contributed by atoms with Gasteiger partial charge in [-0.25, -0.2) is 0 Å². The minimum Gasteiger partial charge on any atom is -0.354 e. The summed E-state index contributed by atoms with van der Waals surface area (Å²) in [6.07, 6.45) is 0.453. The molecule has 0 bridgehead atoms. The van der Waals surface area contributed by atoms with Crippen LogP contribution in [-0.4, -0.2) is 35.1 Å². The van der Waals surface area contributed by atoms with Crippen LogP contribution in [0.3, 0.4) is 0 Å². The van der Waals surface area contributed by atoms with E-state index in [1.807, 2.05) is 84.9 Å². The first kappa shape index (κ1) is 25.9. The molecule has 0 fully saturated rings. The minimum absolute atomic E-state index is 0.0792. The van der Waals surface area contributed by atoms with E-state index >= 15 is 0 Å². The van der Waals surface area contributed by atoms with Crippen LogP contribution in [-0.2, 0) is 22.6 Å². The van der Waals surface area contributed by atoms with Crippen molar-refractivity contribution in [3.05, 3.63) is 101 Å². The van der Waals surface area contributed by atoms with Gasteiger partial charge in [0, 0.05) is 29.4 Å². The molecule has 0 aromatic heterocycles. The fourth-order valence-corrected chi connectivity index (χ4v) is 4.43. The summed E-state index contributed by atoms with van der Waals surface area (Å²) in [7, 11) is 0. The second-order valence-electron chi connectivity index (χ2n) is 8.59. The number of hydrogen-bond acceptors (Lipinski definition) is 3. The lowest BCUT2D eigenvalue weighted by Gasteiger charge is -2.31. The van der Waals surface area contributed by atoms with Gasteiger partial charge in [0.2, 0.25) is 11.8 Å². The van der Waals surface area contributed by atoms with Gasteiger partial charge in [-0.3, -0.25) is 9.59 Å². The molecule has 3 aromatic carbocycles. The number of hydrogen-bond donors (Lipinski definition) is 1. The highest BCUT2D eigenvalue weighted by molar-refractivity contribution is 8.00. The van der Waals surface area contributed by atoms with Crippen molar-refractivity contribution >= 4 is 35.2 Å². The largest absolute Gasteiger partial charge is 0.354 e. The number of carbonyl (C=O) groups is 2. The van der Waals surface area contributed by atoms with Crippen LogP contribution in [0, 0.1) is 5.92 Å². The van der Waals surface area contributed by atoms with Crippen molar-refractivity contribution in [2.24, 2.45) is 5.92 Å². The Morgan fingerprint density at radius 1 is 0.882 bits per heavy atom. The molecule has 1 N–H and O–H groups in total. The van der Waals surface area contributed by atoms with Crippen molar-refractivity contribution in [1.29, 1.82) is 0 Å². The number of thioether (sulfide) groups is 1. The highest BCUT2D eigenvalue weighted by atomic mass is 35.5. The van der Waals surface area contributed by atoms with Crippen LogP contribution < -0.4 is 5.32 Å². The van der Waals surface area contributed by atoms with Gasteiger partial charge in [0.25, 0.3) is 0 Å². The first-order valence-corrected chi connectivity index (χ1v) is 12.8. The molecule has 0 aliphatic rings. The van der Waals surface area contributed by atoms with Crippen molar-refractivity contribution in [3.63, 3.8) is 0 Å². The molecular weight excluding hydrogens is 464 g/mol. The zero-order chi connectivity index (χ0) is 24.3. The number of rotatable bonds is 11. The molecule has 34 heavy (non-hydrogen) atoms. The molecular formula is C28H31ClN2O2S. The second kappa shape index (κ2) is 13.2. The van der Waals surface area contributed by atoms with E-state index in [2.05, 4.69) is 19.2 Å². The number of amides is 2. The normalized spacial score (nSPS) is 11.8. The average Bonchev–Trinajstić information content (AvgIpc) is 2.85. The Morgan fingerprint density at radius 2 is 1.47 bits per heavy atom. The maximum Gasteiger partial charge on any atom is 0.243 e. The van der Waals surface area contributed by atoms with Gasteiger partial charge in [-0.2, -0.15) is 0 Å². The van der Waals surface area contributed by atoms with Gasteiger partial charge >= 0.3 is 0 Å². The van der Waals surface area contributed by atoms with Gasteiger partial charge < -0.3 is 10.2 Å². The lowest BCUT2D eigenvalue weighted by Crippen LogP contribution is -2.51. The molecule has 0 aliphatic heterocycles. The fraction of sp³-hybridized carbons (Fsp3) is 0.286. The van der Waals surface area contributed by atoms with Crippen molar-refractivity contribution < 1.29 is 9.59 Å². The summed E-state index contributed by atoms with van der Waals surface area (Å²) >= 11 is 7.44. The fourth-order valence-electron chi connectivity index (χ4n) is 3.52. The topological polar surface area (TPSA) is 49.4 Å². The molecule has 1 atom stereocenters. The molecule has 0 unspecified atom stereocenters. The molecule has 0 radical (unpaired) electrons. The molecule has 3 aromatic rings. The number of benzene rings is 3. The number of nitrogens with zero attached hydrogens (tertiary/aromatic N) is 1. The molecule has 0 saturated carbocycles. The minimum atomic E-state index is -0.611. The van der Waals surface area contributed by atoms with E-state index in [0.717, 1.165) is 16.0 Å². The van der Waals surface area contributed by atoms with Gasteiger partial charge in [0.05, 0.1) is 5.75 Å². The van der Waals surface area contributed by atoms with Crippen LogP contribution in [0.15, 0.2) is 89.8 Å². The van der Waals surface area contributed by atoms with Crippen LogP contribution in [0.4, 0.5) is 0 Å². The smallest absolute Gasteiger partial charge is 0.243 e. The summed E-state index contributed by atoms with van der Waals surface area (Å²) < 4.78 is 0. The van der Waals surface area contributed by atoms with E-state index < -0.39 is 6.04 Å². The van der Waals surface area contributed by atoms with Gasteiger partial charge in [0.15, 0.2) is 0 Å². The van der Waals surface area contributed by atoms with E-state index in [0.29, 0.717) is 30.5 Å². The van der Waals surface area contributed by atoms with Crippen LogP contribution in [0.2, 0.25) is 5.02 Å². The number of carbonyl (C=O) groups excluding carboxylic acids is 2. The van der Waals surface area contributed by atoms with Crippen LogP contribution in [0.25, 0.3) is 0 Å². The summed E-state index contributed by atoms with van der Waals surface area (Å²) in [5.74, 6) is 0.347. The Morgan fingerprint density at radius 3 is 2.06 bits per heavy atom. The van der Waals surface area contributed by atoms with Crippen molar-refractivity contribution in [3.8, 4) is 0 Å². The second-order valence-corrected chi connectivity index (χ2v) is 10.1. The SMILES string of the molecule is CC(C)CNC(=O)[C@H](Cc1ccccc1)N(Cc1ccccc1)C(=O)CSc1ccc(Cl)cc1. The molecule has 0 aliphatic carbocycles. The van der Waals surface area contributed by atoms with E-state index in [-0.39, 0.29) is 17.6 Å². The Balaban J connectivity index is 1.86. The first-order valence-electron chi connectivity index (χ1n) is 11.5. The van der Waals surface area contributed by atoms with Gasteiger partial charge in [-0.15, -0.1) is 11.8 Å². The molecule has 3 rings (SSSR count). The van der Waals surface area contributed by atoms with E-state index in [1.54, 1.807) is 4.90 Å². The number of halogens is 1. The summed E-state index contributed by atoms with van der Waals surface area (Å²) in [6.45, 7) is 5.05. The Hall–Kier alpha value is -2.76. The molecule has 4 nitrogen and oxygen atoms in total. The van der Waals surface area contributed by atoms with Gasteiger partial charge in [0.1, 0.15) is 6.04 Å². The average molecular weight is 495 g/mol. The van der Waals surface area contributed by atoms with Gasteiger partial charge in [-0.1, -0.05) is 86.1 Å². The highest BCUT2D eigenvalue weighted by Crippen LogP contribution is 2.22. The summed E-state index contributed by atoms with van der Waals surface area (Å²) in [4.78, 5) is 29.6. The highest BCUT2D eigenvalue weighted by Gasteiger charge is 2.30. The molecule has 0 spiro atoms. The van der Waals surface area contributed by atoms with Crippen LogP contribution in [0.5, 0.6) is 0 Å². The third-order valence-corrected chi connectivity index (χ3v) is 6.58. The predicted octanol–water partition coefficient (Wildman–Crippen LogP) is 5.84. The Bertz CT molecular complexity index is 1040. The zero-order valence-corrected chi connectivity index (χ0v) is 21.2. The quantitative estimate of drug-likeness (QED) is 0.340. The predicted molar refractivity (Wildman–Crippen MR) is 141 cm³/mol. The maximum atomic E-state index is 13.6. The molecule has 0 saturated heterocycles. The summed E-state index contributed by atoms with van der Waals surface area (Å²) in [5, 5.41) is 3.71. The third-order valence-electron chi connectivity index (χ3n) is 5.33. The monoisotopic (exact) mass is 494 g/mol. The van der Waals surface area contributed by atoms with Crippen LogP contribution >= 0.6 is 23.4 Å². The molecule has 2 amide bonds. The lowest BCUT2D eigenvalue weighted by molar-refractivity contribution is -0.139. The van der Waals surface area contributed by atoms with Crippen molar-refractivity contribution in [1.82, 2.24) is 10.2 Å². The molecule has 178 valence electrons. The van der Waals surface area contributed by atoms with Crippen LogP contribution in [0.1, 0.15) is 25.0 Å². The molecule has 0 heterocycles.